The van der Waals surface area contributed by atoms with Gasteiger partial charge in [-0.25, -0.2) is 0 Å². The van der Waals surface area contributed by atoms with E-state index >= 15 is 0 Å². The maximum atomic E-state index is 11.6. The monoisotopic (exact) mass is 278 g/mol. The molecule has 0 aliphatic heterocycles. The number of benzene rings is 1. The zero-order valence-corrected chi connectivity index (χ0v) is 12.2. The summed E-state index contributed by atoms with van der Waals surface area (Å²) in [6.45, 7) is 4.21. The average Bonchev–Trinajstić information content (AvgIpc) is 2.45. The molecule has 0 aliphatic rings. The second-order valence-electron chi connectivity index (χ2n) is 4.53. The highest BCUT2D eigenvalue weighted by molar-refractivity contribution is 5.84. The molecule has 1 aromatic carbocycles. The van der Waals surface area contributed by atoms with Gasteiger partial charge in [0.05, 0.1) is 13.0 Å². The Morgan fingerprint density at radius 3 is 2.35 bits per heavy atom. The number of carbonyl (C=O) groups excluding carboxylic acids is 2. The van der Waals surface area contributed by atoms with E-state index in [1.165, 1.54) is 5.56 Å². The van der Waals surface area contributed by atoms with Crippen LogP contribution in [0, 0.1) is 0 Å². The summed E-state index contributed by atoms with van der Waals surface area (Å²) in [5.74, 6) is 0.231. The second kappa shape index (κ2) is 9.13. The molecular weight excluding hydrogens is 256 g/mol. The standard InChI is InChI=1S/C16H22O4/c1-3-5-13-6-9-15(10-7-13)20-12-14(17)8-11-16(18)19-4-2/h6-7,9-10H,3-5,8,11-12H2,1-2H3. The van der Waals surface area contributed by atoms with Crippen LogP contribution >= 0.6 is 0 Å². The van der Waals surface area contributed by atoms with Crippen molar-refractivity contribution in [3.05, 3.63) is 29.8 Å². The van der Waals surface area contributed by atoms with Gasteiger partial charge >= 0.3 is 5.97 Å². The minimum atomic E-state index is -0.343. The number of esters is 1. The molecule has 0 fully saturated rings. The number of carbonyl (C=O) groups is 2. The van der Waals surface area contributed by atoms with Crippen LogP contribution in [-0.4, -0.2) is 25.0 Å². The molecule has 1 rings (SSSR count). The maximum absolute atomic E-state index is 11.6. The van der Waals surface area contributed by atoms with Gasteiger partial charge in [0, 0.05) is 6.42 Å². The van der Waals surface area contributed by atoms with Crippen LogP contribution in [0.2, 0.25) is 0 Å². The van der Waals surface area contributed by atoms with Gasteiger partial charge in [0.25, 0.3) is 0 Å². The van der Waals surface area contributed by atoms with Gasteiger partial charge in [0.15, 0.2) is 5.78 Å². The Balaban J connectivity index is 2.28. The lowest BCUT2D eigenvalue weighted by Crippen LogP contribution is -2.14. The van der Waals surface area contributed by atoms with Gasteiger partial charge in [-0.1, -0.05) is 25.5 Å². The van der Waals surface area contributed by atoms with E-state index in [1.54, 1.807) is 6.92 Å². The van der Waals surface area contributed by atoms with E-state index in [-0.39, 0.29) is 31.2 Å². The number of ketones is 1. The van der Waals surface area contributed by atoms with Gasteiger partial charge in [-0.3, -0.25) is 9.59 Å². The maximum Gasteiger partial charge on any atom is 0.306 e. The highest BCUT2D eigenvalue weighted by Crippen LogP contribution is 2.13. The summed E-state index contributed by atoms with van der Waals surface area (Å²) in [6, 6.07) is 7.73. The predicted molar refractivity (Wildman–Crippen MR) is 76.8 cm³/mol. The van der Waals surface area contributed by atoms with Gasteiger partial charge in [-0.2, -0.15) is 0 Å². The fourth-order valence-corrected chi connectivity index (χ4v) is 1.75. The summed E-state index contributed by atoms with van der Waals surface area (Å²) in [5, 5.41) is 0. The van der Waals surface area contributed by atoms with E-state index in [9.17, 15) is 9.59 Å². The molecule has 0 atom stereocenters. The van der Waals surface area contributed by atoms with Gasteiger partial charge in [-0.15, -0.1) is 0 Å². The van der Waals surface area contributed by atoms with Crippen molar-refractivity contribution in [3.8, 4) is 5.75 Å². The first-order valence-electron chi connectivity index (χ1n) is 7.04. The van der Waals surface area contributed by atoms with E-state index in [1.807, 2.05) is 24.3 Å². The van der Waals surface area contributed by atoms with Crippen molar-refractivity contribution in [2.24, 2.45) is 0 Å². The van der Waals surface area contributed by atoms with Crippen LogP contribution in [0.25, 0.3) is 0 Å². The Hall–Kier alpha value is -1.84. The fourth-order valence-electron chi connectivity index (χ4n) is 1.75. The number of hydrogen-bond donors (Lipinski definition) is 0. The topological polar surface area (TPSA) is 52.6 Å². The number of aryl methyl sites for hydroxylation is 1. The average molecular weight is 278 g/mol. The van der Waals surface area contributed by atoms with Crippen molar-refractivity contribution >= 4 is 11.8 Å². The molecule has 0 spiro atoms. The molecule has 0 N–H and O–H groups in total. The lowest BCUT2D eigenvalue weighted by molar-refractivity contribution is -0.144. The Morgan fingerprint density at radius 2 is 1.75 bits per heavy atom. The minimum Gasteiger partial charge on any atom is -0.486 e. The molecule has 20 heavy (non-hydrogen) atoms. The van der Waals surface area contributed by atoms with Crippen LogP contribution < -0.4 is 4.74 Å². The van der Waals surface area contributed by atoms with Gasteiger partial charge in [-0.05, 0) is 31.0 Å². The lowest BCUT2D eigenvalue weighted by Gasteiger charge is -2.06. The molecule has 0 amide bonds. The van der Waals surface area contributed by atoms with Crippen molar-refractivity contribution in [2.45, 2.75) is 39.5 Å². The first-order valence-corrected chi connectivity index (χ1v) is 7.04. The van der Waals surface area contributed by atoms with E-state index < -0.39 is 0 Å². The van der Waals surface area contributed by atoms with Crippen LogP contribution in [0.15, 0.2) is 24.3 Å². The van der Waals surface area contributed by atoms with E-state index in [0.717, 1.165) is 12.8 Å². The molecule has 0 heterocycles. The highest BCUT2D eigenvalue weighted by Gasteiger charge is 2.08. The molecule has 0 unspecified atom stereocenters. The van der Waals surface area contributed by atoms with Crippen molar-refractivity contribution in [3.63, 3.8) is 0 Å². The Labute approximate surface area is 120 Å². The third-order valence-electron chi connectivity index (χ3n) is 2.78. The van der Waals surface area contributed by atoms with Crippen LogP contribution in [-0.2, 0) is 20.7 Å². The number of Topliss-reactive ketones (excluding diaryl/α,β-unsaturated/α-hetero) is 1. The van der Waals surface area contributed by atoms with Crippen molar-refractivity contribution in [2.75, 3.05) is 13.2 Å². The van der Waals surface area contributed by atoms with Crippen LogP contribution in [0.3, 0.4) is 0 Å². The molecule has 0 saturated heterocycles. The lowest BCUT2D eigenvalue weighted by atomic mass is 10.1. The minimum absolute atomic E-state index is 0.00741. The number of hydrogen-bond acceptors (Lipinski definition) is 4. The van der Waals surface area contributed by atoms with Gasteiger partial charge in [0.2, 0.25) is 0 Å². The summed E-state index contributed by atoms with van der Waals surface area (Å²) >= 11 is 0. The molecule has 1 aromatic rings. The summed E-state index contributed by atoms with van der Waals surface area (Å²) < 4.78 is 10.2. The SMILES string of the molecule is CCCc1ccc(OCC(=O)CCC(=O)OCC)cc1. The zero-order valence-electron chi connectivity index (χ0n) is 12.2. The Morgan fingerprint density at radius 1 is 1.05 bits per heavy atom. The third-order valence-corrected chi connectivity index (χ3v) is 2.78. The van der Waals surface area contributed by atoms with E-state index in [4.69, 9.17) is 9.47 Å². The first-order chi connectivity index (χ1) is 9.65. The molecule has 0 aliphatic carbocycles. The zero-order chi connectivity index (χ0) is 14.8. The Kier molecular flexibility index (Phi) is 7.40. The van der Waals surface area contributed by atoms with Gasteiger partial charge < -0.3 is 9.47 Å². The molecule has 4 nitrogen and oxygen atoms in total. The molecular formula is C16H22O4. The number of rotatable bonds is 9. The molecule has 0 radical (unpaired) electrons. The van der Waals surface area contributed by atoms with Crippen molar-refractivity contribution < 1.29 is 19.1 Å². The van der Waals surface area contributed by atoms with Crippen molar-refractivity contribution in [1.82, 2.24) is 0 Å². The Bertz CT molecular complexity index is 423. The summed E-state index contributed by atoms with van der Waals surface area (Å²) in [5.41, 5.74) is 1.26. The molecule has 110 valence electrons. The van der Waals surface area contributed by atoms with Crippen molar-refractivity contribution in [1.29, 1.82) is 0 Å². The van der Waals surface area contributed by atoms with Crippen LogP contribution in [0.1, 0.15) is 38.7 Å². The normalized spacial score (nSPS) is 10.1. The molecule has 0 bridgehead atoms. The smallest absolute Gasteiger partial charge is 0.306 e. The van der Waals surface area contributed by atoms with Crippen LogP contribution in [0.5, 0.6) is 5.75 Å². The van der Waals surface area contributed by atoms with E-state index in [2.05, 4.69) is 6.92 Å². The van der Waals surface area contributed by atoms with Gasteiger partial charge in [0.1, 0.15) is 12.4 Å². The predicted octanol–water partition coefficient (Wildman–Crippen LogP) is 2.93. The highest BCUT2D eigenvalue weighted by atomic mass is 16.5. The largest absolute Gasteiger partial charge is 0.486 e. The summed E-state index contributed by atoms with van der Waals surface area (Å²) in [6.07, 6.45) is 2.42. The van der Waals surface area contributed by atoms with E-state index in [0.29, 0.717) is 12.4 Å². The number of ether oxygens (including phenoxy) is 2. The quantitative estimate of drug-likeness (QED) is 0.652. The second-order valence-corrected chi connectivity index (χ2v) is 4.53. The summed E-state index contributed by atoms with van der Waals surface area (Å²) in [7, 11) is 0. The molecule has 4 heteroatoms. The molecule has 0 aromatic heterocycles. The fraction of sp³-hybridized carbons (Fsp3) is 0.500. The first kappa shape index (κ1) is 16.2. The third kappa shape index (κ3) is 6.36. The molecule has 0 saturated carbocycles. The summed E-state index contributed by atoms with van der Waals surface area (Å²) in [4.78, 5) is 22.7. The van der Waals surface area contributed by atoms with Crippen LogP contribution in [0.4, 0.5) is 0 Å².